The van der Waals surface area contributed by atoms with Crippen LogP contribution in [0.4, 0.5) is 11.4 Å². The predicted molar refractivity (Wildman–Crippen MR) is 87.7 cm³/mol. The zero-order chi connectivity index (χ0) is 16.3. The van der Waals surface area contributed by atoms with Gasteiger partial charge in [0.1, 0.15) is 5.69 Å². The highest BCUT2D eigenvalue weighted by molar-refractivity contribution is 9.10. The highest BCUT2D eigenvalue weighted by atomic mass is 79.9. The first-order valence-corrected chi connectivity index (χ1v) is 7.14. The summed E-state index contributed by atoms with van der Waals surface area (Å²) in [4.78, 5) is 14.4. The summed E-state index contributed by atoms with van der Waals surface area (Å²) in [5.74, 6) is -0.0812. The molecule has 0 radical (unpaired) electrons. The number of phenols is 1. The Bertz CT molecular complexity index is 765. The van der Waals surface area contributed by atoms with E-state index >= 15 is 0 Å². The summed E-state index contributed by atoms with van der Waals surface area (Å²) < 4.78 is 5.61. The van der Waals surface area contributed by atoms with E-state index in [1.807, 2.05) is 0 Å². The highest BCUT2D eigenvalue weighted by Gasteiger charge is 2.17. The Labute approximate surface area is 139 Å². The first-order valence-electron chi connectivity index (χ1n) is 5.97. The molecule has 8 heteroatoms. The molecule has 6 nitrogen and oxygen atoms in total. The van der Waals surface area contributed by atoms with Crippen LogP contribution in [0.15, 0.2) is 39.8 Å². The number of aromatic hydroxyl groups is 1. The van der Waals surface area contributed by atoms with Gasteiger partial charge in [0.15, 0.2) is 5.75 Å². The van der Waals surface area contributed by atoms with Gasteiger partial charge in [-0.15, -0.1) is 0 Å². The first kappa shape index (κ1) is 16.3. The Morgan fingerprint density at radius 1 is 1.45 bits per heavy atom. The highest BCUT2D eigenvalue weighted by Crippen LogP contribution is 2.36. The van der Waals surface area contributed by atoms with Crippen LogP contribution in [0.5, 0.6) is 11.5 Å². The number of nitrogens with zero attached hydrogens (tertiary/aromatic N) is 2. The lowest BCUT2D eigenvalue weighted by atomic mass is 10.2. The minimum atomic E-state index is -0.669. The van der Waals surface area contributed by atoms with Gasteiger partial charge in [0.25, 0.3) is 0 Å². The summed E-state index contributed by atoms with van der Waals surface area (Å²) in [6.45, 7) is 0. The number of hydrogen-bond donors (Lipinski definition) is 1. The zero-order valence-electron chi connectivity index (χ0n) is 11.3. The molecule has 2 aromatic carbocycles. The van der Waals surface area contributed by atoms with Gasteiger partial charge in [0.2, 0.25) is 5.75 Å². The third-order valence-electron chi connectivity index (χ3n) is 2.77. The van der Waals surface area contributed by atoms with Gasteiger partial charge < -0.3 is 9.84 Å². The van der Waals surface area contributed by atoms with Crippen molar-refractivity contribution in [2.45, 2.75) is 0 Å². The Balaban J connectivity index is 2.47. The third-order valence-corrected chi connectivity index (χ3v) is 3.53. The summed E-state index contributed by atoms with van der Waals surface area (Å²) in [6.07, 6.45) is 1.31. The van der Waals surface area contributed by atoms with Crippen LogP contribution in [-0.4, -0.2) is 23.4 Å². The second-order valence-corrected chi connectivity index (χ2v) is 5.49. The molecule has 0 aliphatic rings. The van der Waals surface area contributed by atoms with Crippen molar-refractivity contribution >= 4 is 45.1 Å². The third kappa shape index (κ3) is 3.37. The molecule has 0 atom stereocenters. The number of benzene rings is 2. The summed E-state index contributed by atoms with van der Waals surface area (Å²) >= 11 is 9.15. The Morgan fingerprint density at radius 3 is 2.82 bits per heavy atom. The molecule has 0 amide bonds. The molecule has 0 bridgehead atoms. The maximum absolute atomic E-state index is 10.9. The molecule has 0 saturated carbocycles. The molecule has 22 heavy (non-hydrogen) atoms. The van der Waals surface area contributed by atoms with E-state index in [4.69, 9.17) is 16.3 Å². The molecule has 0 aromatic heterocycles. The quantitative estimate of drug-likeness (QED) is 0.478. The van der Waals surface area contributed by atoms with Gasteiger partial charge in [-0.3, -0.25) is 15.1 Å². The maximum atomic E-state index is 10.9. The first-order chi connectivity index (χ1) is 10.4. The molecule has 2 rings (SSSR count). The lowest BCUT2D eigenvalue weighted by Gasteiger charge is -2.06. The van der Waals surface area contributed by atoms with Crippen LogP contribution in [-0.2, 0) is 0 Å². The van der Waals surface area contributed by atoms with Gasteiger partial charge in [-0.25, -0.2) is 0 Å². The lowest BCUT2D eigenvalue weighted by molar-refractivity contribution is -0.385. The van der Waals surface area contributed by atoms with Crippen molar-refractivity contribution in [3.8, 4) is 11.5 Å². The molecule has 114 valence electrons. The number of aliphatic imine (C=N–C) groups is 1. The molecule has 0 saturated heterocycles. The smallest absolute Gasteiger partial charge is 0.312 e. The SMILES string of the molecule is COc1c(Cl)cccc1N=Cc1cc(Br)cc([N+](=O)[O-])c1O. The normalized spacial score (nSPS) is 10.9. The number of methoxy groups -OCH3 is 1. The molecule has 0 spiro atoms. The standard InChI is InChI=1S/C14H10BrClN2O4/c1-22-14-10(16)3-2-4-11(14)17-7-8-5-9(15)6-12(13(8)19)18(20)21/h2-7,19H,1H3. The number of rotatable bonds is 4. The fraction of sp³-hybridized carbons (Fsp3) is 0.0714. The van der Waals surface area contributed by atoms with E-state index in [0.29, 0.717) is 20.9 Å². The number of halogens is 2. The number of ether oxygens (including phenoxy) is 1. The number of phenolic OH excluding ortho intramolecular Hbond substituents is 1. The Kier molecular flexibility index (Phi) is 4.99. The average Bonchev–Trinajstić information content (AvgIpc) is 2.47. The Morgan fingerprint density at radius 2 is 2.18 bits per heavy atom. The fourth-order valence-electron chi connectivity index (χ4n) is 1.78. The molecular weight excluding hydrogens is 376 g/mol. The van der Waals surface area contributed by atoms with Crippen LogP contribution >= 0.6 is 27.5 Å². The summed E-state index contributed by atoms with van der Waals surface area (Å²) in [5.41, 5.74) is 0.231. The number of nitro benzene ring substituents is 1. The van der Waals surface area contributed by atoms with E-state index in [-0.39, 0.29) is 5.56 Å². The lowest BCUT2D eigenvalue weighted by Crippen LogP contribution is -1.93. The van der Waals surface area contributed by atoms with Crippen molar-refractivity contribution in [1.29, 1.82) is 0 Å². The van der Waals surface area contributed by atoms with Crippen LogP contribution in [0.1, 0.15) is 5.56 Å². The molecule has 0 heterocycles. The molecular formula is C14H10BrClN2O4. The van der Waals surface area contributed by atoms with Crippen LogP contribution in [0.25, 0.3) is 0 Å². The van der Waals surface area contributed by atoms with E-state index in [2.05, 4.69) is 20.9 Å². The van der Waals surface area contributed by atoms with Crippen molar-refractivity contribution in [3.05, 3.63) is 55.5 Å². The predicted octanol–water partition coefficient (Wildman–Crippen LogP) is 4.48. The van der Waals surface area contributed by atoms with E-state index < -0.39 is 16.4 Å². The fourth-order valence-corrected chi connectivity index (χ4v) is 2.49. The monoisotopic (exact) mass is 384 g/mol. The average molecular weight is 386 g/mol. The van der Waals surface area contributed by atoms with Gasteiger partial charge in [-0.05, 0) is 18.2 Å². The van der Waals surface area contributed by atoms with Crippen LogP contribution in [0.3, 0.4) is 0 Å². The molecule has 0 fully saturated rings. The molecule has 0 aliphatic heterocycles. The van der Waals surface area contributed by atoms with Crippen molar-refractivity contribution in [2.75, 3.05) is 7.11 Å². The minimum absolute atomic E-state index is 0.197. The topological polar surface area (TPSA) is 85.0 Å². The van der Waals surface area contributed by atoms with Gasteiger partial charge in [-0.1, -0.05) is 33.6 Å². The van der Waals surface area contributed by atoms with Crippen molar-refractivity contribution in [1.82, 2.24) is 0 Å². The summed E-state index contributed by atoms with van der Waals surface area (Å²) in [6, 6.07) is 7.75. The number of hydrogen-bond acceptors (Lipinski definition) is 5. The second kappa shape index (κ2) is 6.76. The van der Waals surface area contributed by atoms with Crippen LogP contribution < -0.4 is 4.74 Å². The van der Waals surface area contributed by atoms with E-state index in [9.17, 15) is 15.2 Å². The molecule has 2 aromatic rings. The van der Waals surface area contributed by atoms with E-state index in [1.165, 1.54) is 25.5 Å². The Hall–Kier alpha value is -2.12. The van der Waals surface area contributed by atoms with Crippen molar-refractivity contribution in [2.24, 2.45) is 4.99 Å². The van der Waals surface area contributed by atoms with Crippen LogP contribution in [0, 0.1) is 10.1 Å². The zero-order valence-corrected chi connectivity index (χ0v) is 13.6. The van der Waals surface area contributed by atoms with E-state index in [1.54, 1.807) is 18.2 Å². The number of para-hydroxylation sites is 1. The largest absolute Gasteiger partial charge is 0.502 e. The second-order valence-electron chi connectivity index (χ2n) is 4.17. The maximum Gasteiger partial charge on any atom is 0.312 e. The minimum Gasteiger partial charge on any atom is -0.502 e. The van der Waals surface area contributed by atoms with Crippen molar-refractivity contribution in [3.63, 3.8) is 0 Å². The molecule has 0 aliphatic carbocycles. The van der Waals surface area contributed by atoms with Gasteiger partial charge in [-0.2, -0.15) is 0 Å². The summed E-state index contributed by atoms with van der Waals surface area (Å²) in [5, 5.41) is 21.2. The molecule has 1 N–H and O–H groups in total. The summed E-state index contributed by atoms with van der Waals surface area (Å²) in [7, 11) is 1.46. The van der Waals surface area contributed by atoms with Gasteiger partial charge in [0, 0.05) is 22.3 Å². The van der Waals surface area contributed by atoms with Crippen molar-refractivity contribution < 1.29 is 14.8 Å². The van der Waals surface area contributed by atoms with Gasteiger partial charge in [0.05, 0.1) is 17.1 Å². The van der Waals surface area contributed by atoms with E-state index in [0.717, 1.165) is 0 Å². The van der Waals surface area contributed by atoms with Gasteiger partial charge >= 0.3 is 5.69 Å². The molecule has 0 unspecified atom stereocenters. The van der Waals surface area contributed by atoms with Crippen LogP contribution in [0.2, 0.25) is 5.02 Å². The number of nitro groups is 1.